The molecule has 1 fully saturated rings. The van der Waals surface area contributed by atoms with E-state index in [9.17, 15) is 9.59 Å². The number of piperidine rings is 1. The van der Waals surface area contributed by atoms with Crippen LogP contribution in [-0.4, -0.2) is 35.2 Å². The summed E-state index contributed by atoms with van der Waals surface area (Å²) >= 11 is 0. The molecule has 0 atom stereocenters. The molecule has 3 rings (SSSR count). The topological polar surface area (TPSA) is 87.3 Å². The monoisotopic (exact) mass is 342 g/mol. The summed E-state index contributed by atoms with van der Waals surface area (Å²) in [7, 11) is 0. The van der Waals surface area contributed by atoms with Gasteiger partial charge < -0.3 is 15.0 Å². The summed E-state index contributed by atoms with van der Waals surface area (Å²) in [6.07, 6.45) is 1.15. The number of aromatic amines is 1. The minimum atomic E-state index is -0.399. The van der Waals surface area contributed by atoms with Crippen molar-refractivity contribution >= 4 is 12.0 Å². The van der Waals surface area contributed by atoms with Gasteiger partial charge in [-0.2, -0.15) is 0 Å². The number of nitrogens with zero attached hydrogens (tertiary/aromatic N) is 2. The van der Waals surface area contributed by atoms with Gasteiger partial charge in [0.15, 0.2) is 0 Å². The van der Waals surface area contributed by atoms with E-state index >= 15 is 0 Å². The molecular weight excluding hydrogens is 320 g/mol. The molecule has 0 bridgehead atoms. The Morgan fingerprint density at radius 3 is 2.72 bits per heavy atom. The van der Waals surface area contributed by atoms with Gasteiger partial charge in [-0.15, -0.1) is 0 Å². The van der Waals surface area contributed by atoms with Crippen molar-refractivity contribution in [1.29, 1.82) is 0 Å². The third-order valence-electron chi connectivity index (χ3n) is 4.19. The Labute approximate surface area is 146 Å². The fourth-order valence-corrected chi connectivity index (χ4v) is 2.88. The van der Waals surface area contributed by atoms with E-state index in [0.717, 1.165) is 31.5 Å². The molecule has 0 spiro atoms. The molecule has 2 heterocycles. The van der Waals surface area contributed by atoms with Crippen LogP contribution in [0.3, 0.4) is 0 Å². The average Bonchev–Trinajstić information content (AvgIpc) is 2.61. The number of aryl methyl sites for hydroxylation is 1. The van der Waals surface area contributed by atoms with Crippen molar-refractivity contribution in [2.45, 2.75) is 32.4 Å². The Morgan fingerprint density at radius 2 is 2.04 bits per heavy atom. The first kappa shape index (κ1) is 17.0. The first-order valence-electron chi connectivity index (χ1n) is 8.40. The Hall–Kier alpha value is -2.83. The molecular formula is C18H22N4O3. The summed E-state index contributed by atoms with van der Waals surface area (Å²) in [5.41, 5.74) is 1.51. The summed E-state index contributed by atoms with van der Waals surface area (Å²) in [6, 6.07) is 11.1. The van der Waals surface area contributed by atoms with E-state index < -0.39 is 6.09 Å². The van der Waals surface area contributed by atoms with Crippen molar-refractivity contribution in [3.05, 3.63) is 58.0 Å². The molecule has 1 amide bonds. The highest BCUT2D eigenvalue weighted by molar-refractivity contribution is 5.67. The molecule has 0 aliphatic carbocycles. The van der Waals surface area contributed by atoms with E-state index in [-0.39, 0.29) is 18.2 Å². The molecule has 25 heavy (non-hydrogen) atoms. The van der Waals surface area contributed by atoms with Crippen molar-refractivity contribution in [2.75, 3.05) is 18.0 Å². The number of carbonyl (C=O) groups excluding carboxylic acids is 1. The lowest BCUT2D eigenvalue weighted by Gasteiger charge is -2.32. The van der Waals surface area contributed by atoms with E-state index in [1.807, 2.05) is 35.2 Å². The zero-order valence-electron chi connectivity index (χ0n) is 14.2. The van der Waals surface area contributed by atoms with Gasteiger partial charge in [0.1, 0.15) is 6.61 Å². The zero-order valence-corrected chi connectivity index (χ0v) is 14.2. The second-order valence-corrected chi connectivity index (χ2v) is 6.18. The van der Waals surface area contributed by atoms with E-state index in [1.165, 1.54) is 6.07 Å². The number of benzene rings is 1. The van der Waals surface area contributed by atoms with Crippen molar-refractivity contribution in [1.82, 2.24) is 15.3 Å². The van der Waals surface area contributed by atoms with Crippen molar-refractivity contribution < 1.29 is 9.53 Å². The fraction of sp³-hybridized carbons (Fsp3) is 0.389. The average molecular weight is 342 g/mol. The summed E-state index contributed by atoms with van der Waals surface area (Å²) in [4.78, 5) is 32.6. The molecule has 132 valence electrons. The SMILES string of the molecule is Cc1cc(=O)[nH]c(N2CCC(NC(=O)OCc3ccccc3)CC2)n1. The molecule has 7 nitrogen and oxygen atoms in total. The van der Waals surface area contributed by atoms with Crippen molar-refractivity contribution in [2.24, 2.45) is 0 Å². The first-order chi connectivity index (χ1) is 12.1. The number of hydrogen-bond donors (Lipinski definition) is 2. The lowest BCUT2D eigenvalue weighted by molar-refractivity contribution is 0.134. The zero-order chi connectivity index (χ0) is 17.6. The Morgan fingerprint density at radius 1 is 1.32 bits per heavy atom. The van der Waals surface area contributed by atoms with Crippen LogP contribution in [0.15, 0.2) is 41.2 Å². The van der Waals surface area contributed by atoms with Gasteiger partial charge in [0.2, 0.25) is 5.95 Å². The number of H-pyrrole nitrogens is 1. The number of amides is 1. The maximum absolute atomic E-state index is 11.9. The summed E-state index contributed by atoms with van der Waals surface area (Å²) < 4.78 is 5.25. The maximum atomic E-state index is 11.9. The van der Waals surface area contributed by atoms with E-state index in [1.54, 1.807) is 6.92 Å². The molecule has 7 heteroatoms. The third kappa shape index (κ3) is 4.82. The first-order valence-corrected chi connectivity index (χ1v) is 8.40. The summed E-state index contributed by atoms with van der Waals surface area (Å²) in [6.45, 7) is 3.50. The van der Waals surface area contributed by atoms with Gasteiger partial charge in [-0.05, 0) is 25.3 Å². The van der Waals surface area contributed by atoms with Gasteiger partial charge in [-0.3, -0.25) is 9.78 Å². The van der Waals surface area contributed by atoms with Crippen molar-refractivity contribution in [3.8, 4) is 0 Å². The van der Waals surface area contributed by atoms with E-state index in [0.29, 0.717) is 11.6 Å². The van der Waals surface area contributed by atoms with Gasteiger partial charge in [0.25, 0.3) is 5.56 Å². The largest absolute Gasteiger partial charge is 0.445 e. The molecule has 1 aromatic carbocycles. The van der Waals surface area contributed by atoms with Gasteiger partial charge in [0.05, 0.1) is 0 Å². The number of anilines is 1. The van der Waals surface area contributed by atoms with Crippen LogP contribution in [0, 0.1) is 6.92 Å². The van der Waals surface area contributed by atoms with Crippen LogP contribution in [-0.2, 0) is 11.3 Å². The van der Waals surface area contributed by atoms with Gasteiger partial charge in [-0.1, -0.05) is 30.3 Å². The lowest BCUT2D eigenvalue weighted by Crippen LogP contribution is -2.45. The fourth-order valence-electron chi connectivity index (χ4n) is 2.88. The third-order valence-corrected chi connectivity index (χ3v) is 4.19. The van der Waals surface area contributed by atoms with Gasteiger partial charge >= 0.3 is 6.09 Å². The highest BCUT2D eigenvalue weighted by Gasteiger charge is 2.22. The van der Waals surface area contributed by atoms with E-state index in [2.05, 4.69) is 15.3 Å². The molecule has 1 saturated heterocycles. The highest BCUT2D eigenvalue weighted by atomic mass is 16.5. The van der Waals surface area contributed by atoms with Crippen LogP contribution in [0.2, 0.25) is 0 Å². The van der Waals surface area contributed by atoms with Crippen LogP contribution < -0.4 is 15.8 Å². The number of alkyl carbamates (subject to hydrolysis) is 1. The van der Waals surface area contributed by atoms with Crippen molar-refractivity contribution in [3.63, 3.8) is 0 Å². The van der Waals surface area contributed by atoms with Crippen LogP contribution >= 0.6 is 0 Å². The number of hydrogen-bond acceptors (Lipinski definition) is 5. The summed E-state index contributed by atoms with van der Waals surface area (Å²) in [5, 5.41) is 2.90. The molecule has 0 radical (unpaired) electrons. The molecule has 1 aliphatic heterocycles. The number of nitrogens with one attached hydrogen (secondary N) is 2. The standard InChI is InChI=1S/C18H22N4O3/c1-13-11-16(23)21-17(19-13)22-9-7-15(8-10-22)20-18(24)25-12-14-5-3-2-4-6-14/h2-6,11,15H,7-10,12H2,1H3,(H,20,24)(H,19,21,23). The molecule has 0 unspecified atom stereocenters. The normalized spacial score (nSPS) is 15.0. The Bertz CT molecular complexity index is 767. The number of aromatic nitrogens is 2. The van der Waals surface area contributed by atoms with Crippen LogP contribution in [0.4, 0.5) is 10.7 Å². The van der Waals surface area contributed by atoms with Crippen LogP contribution in [0.25, 0.3) is 0 Å². The maximum Gasteiger partial charge on any atom is 0.407 e. The van der Waals surface area contributed by atoms with Gasteiger partial charge in [-0.25, -0.2) is 9.78 Å². The minimum Gasteiger partial charge on any atom is -0.445 e. The summed E-state index contributed by atoms with van der Waals surface area (Å²) in [5.74, 6) is 0.593. The van der Waals surface area contributed by atoms with Crippen LogP contribution in [0.1, 0.15) is 24.1 Å². The van der Waals surface area contributed by atoms with Gasteiger partial charge in [0, 0.05) is 30.9 Å². The second-order valence-electron chi connectivity index (χ2n) is 6.18. The number of rotatable bonds is 4. The number of ether oxygens (including phenoxy) is 1. The molecule has 0 saturated carbocycles. The molecule has 2 aromatic rings. The smallest absolute Gasteiger partial charge is 0.407 e. The highest BCUT2D eigenvalue weighted by Crippen LogP contribution is 2.15. The molecule has 1 aliphatic rings. The quantitative estimate of drug-likeness (QED) is 0.887. The molecule has 1 aromatic heterocycles. The molecule has 2 N–H and O–H groups in total. The minimum absolute atomic E-state index is 0.0658. The lowest BCUT2D eigenvalue weighted by atomic mass is 10.1. The number of carbonyl (C=O) groups is 1. The van der Waals surface area contributed by atoms with Crippen LogP contribution in [0.5, 0.6) is 0 Å². The Balaban J connectivity index is 1.46. The predicted molar refractivity (Wildman–Crippen MR) is 94.6 cm³/mol. The van der Waals surface area contributed by atoms with E-state index in [4.69, 9.17) is 4.74 Å². The second kappa shape index (κ2) is 7.83. The predicted octanol–water partition coefficient (Wildman–Crippen LogP) is 1.97. The Kier molecular flexibility index (Phi) is 5.33.